The molecule has 20 heavy (non-hydrogen) atoms. The van der Waals surface area contributed by atoms with Crippen molar-refractivity contribution in [3.63, 3.8) is 0 Å². The first-order valence-corrected chi connectivity index (χ1v) is 6.80. The number of amides is 2. The Labute approximate surface area is 118 Å². The van der Waals surface area contributed by atoms with Gasteiger partial charge in [0.2, 0.25) is 5.91 Å². The molecule has 0 radical (unpaired) electrons. The molecule has 0 atom stereocenters. The number of nitrogens with one attached hydrogen (secondary N) is 1. The standard InChI is InChI=1S/C15H19FN2O2/c1-10-4-3-5-12(13(10)16)15(20)18-8-6-11(7-9-18)14(19)17-2/h3-5,11H,6-9H2,1-2H3,(H,17,19). The van der Waals surface area contributed by atoms with Gasteiger partial charge in [-0.3, -0.25) is 9.59 Å². The summed E-state index contributed by atoms with van der Waals surface area (Å²) in [5, 5.41) is 2.62. The zero-order chi connectivity index (χ0) is 14.7. The van der Waals surface area contributed by atoms with Crippen molar-refractivity contribution < 1.29 is 14.0 Å². The van der Waals surface area contributed by atoms with E-state index in [2.05, 4.69) is 5.32 Å². The molecule has 1 aromatic rings. The average molecular weight is 278 g/mol. The minimum absolute atomic E-state index is 0.0128. The highest BCUT2D eigenvalue weighted by Gasteiger charge is 2.28. The third-order valence-electron chi connectivity index (χ3n) is 3.82. The number of benzene rings is 1. The van der Waals surface area contributed by atoms with Crippen LogP contribution in [0.4, 0.5) is 4.39 Å². The van der Waals surface area contributed by atoms with Crippen LogP contribution in [0.2, 0.25) is 0 Å². The van der Waals surface area contributed by atoms with E-state index in [1.807, 2.05) is 0 Å². The van der Waals surface area contributed by atoms with Gasteiger partial charge in [0.25, 0.3) is 5.91 Å². The Bertz CT molecular complexity index is 523. The Morgan fingerprint density at radius 1 is 1.30 bits per heavy atom. The topological polar surface area (TPSA) is 49.4 Å². The molecule has 1 aliphatic rings. The van der Waals surface area contributed by atoms with E-state index in [0.717, 1.165) is 0 Å². The molecule has 1 aromatic carbocycles. The lowest BCUT2D eigenvalue weighted by Gasteiger charge is -2.31. The maximum Gasteiger partial charge on any atom is 0.256 e. The average Bonchev–Trinajstić information content (AvgIpc) is 2.48. The maximum atomic E-state index is 14.0. The van der Waals surface area contributed by atoms with Crippen molar-refractivity contribution in [3.05, 3.63) is 35.1 Å². The number of halogens is 1. The summed E-state index contributed by atoms with van der Waals surface area (Å²) >= 11 is 0. The SMILES string of the molecule is CNC(=O)C1CCN(C(=O)c2cccc(C)c2F)CC1. The van der Waals surface area contributed by atoms with Gasteiger partial charge < -0.3 is 10.2 Å². The second kappa shape index (κ2) is 6.03. The highest BCUT2D eigenvalue weighted by Crippen LogP contribution is 2.21. The predicted molar refractivity (Wildman–Crippen MR) is 73.8 cm³/mol. The van der Waals surface area contributed by atoms with E-state index in [1.54, 1.807) is 31.0 Å². The van der Waals surface area contributed by atoms with Crippen LogP contribution in [0.5, 0.6) is 0 Å². The van der Waals surface area contributed by atoms with Crippen LogP contribution in [-0.4, -0.2) is 36.9 Å². The van der Waals surface area contributed by atoms with Gasteiger partial charge in [-0.2, -0.15) is 0 Å². The molecule has 1 N–H and O–H groups in total. The van der Waals surface area contributed by atoms with E-state index in [1.165, 1.54) is 6.07 Å². The summed E-state index contributed by atoms with van der Waals surface area (Å²) in [5.41, 5.74) is 0.583. The van der Waals surface area contributed by atoms with Crippen LogP contribution in [0.1, 0.15) is 28.8 Å². The third-order valence-corrected chi connectivity index (χ3v) is 3.82. The Hall–Kier alpha value is -1.91. The van der Waals surface area contributed by atoms with Gasteiger partial charge in [-0.1, -0.05) is 12.1 Å². The fourth-order valence-electron chi connectivity index (χ4n) is 2.53. The van der Waals surface area contributed by atoms with E-state index < -0.39 is 5.82 Å². The molecule has 0 saturated carbocycles. The van der Waals surface area contributed by atoms with Crippen molar-refractivity contribution >= 4 is 11.8 Å². The van der Waals surface area contributed by atoms with Gasteiger partial charge in [-0.25, -0.2) is 4.39 Å². The van der Waals surface area contributed by atoms with Crippen molar-refractivity contribution in [2.75, 3.05) is 20.1 Å². The molecule has 1 aliphatic heterocycles. The van der Waals surface area contributed by atoms with E-state index in [9.17, 15) is 14.0 Å². The second-order valence-corrected chi connectivity index (χ2v) is 5.12. The molecule has 1 fully saturated rings. The number of carbonyl (C=O) groups is 2. The third kappa shape index (κ3) is 2.81. The van der Waals surface area contributed by atoms with Crippen LogP contribution in [0.3, 0.4) is 0 Å². The number of rotatable bonds is 2. The van der Waals surface area contributed by atoms with Crippen molar-refractivity contribution in [2.45, 2.75) is 19.8 Å². The first kappa shape index (κ1) is 14.5. The van der Waals surface area contributed by atoms with E-state index in [4.69, 9.17) is 0 Å². The van der Waals surface area contributed by atoms with Crippen molar-refractivity contribution in [1.29, 1.82) is 0 Å². The summed E-state index contributed by atoms with van der Waals surface area (Å²) in [4.78, 5) is 25.5. The van der Waals surface area contributed by atoms with Crippen molar-refractivity contribution in [2.24, 2.45) is 5.92 Å². The fourth-order valence-corrected chi connectivity index (χ4v) is 2.53. The molecule has 1 saturated heterocycles. The molecule has 2 amide bonds. The van der Waals surface area contributed by atoms with Gasteiger partial charge in [0.1, 0.15) is 5.82 Å². The number of carbonyl (C=O) groups excluding carboxylic acids is 2. The second-order valence-electron chi connectivity index (χ2n) is 5.12. The lowest BCUT2D eigenvalue weighted by Crippen LogP contribution is -2.42. The van der Waals surface area contributed by atoms with Crippen LogP contribution in [-0.2, 0) is 4.79 Å². The maximum absolute atomic E-state index is 14.0. The van der Waals surface area contributed by atoms with Crippen LogP contribution in [0.25, 0.3) is 0 Å². The summed E-state index contributed by atoms with van der Waals surface area (Å²) < 4.78 is 14.0. The molecular formula is C15H19FN2O2. The largest absolute Gasteiger partial charge is 0.359 e. The van der Waals surface area contributed by atoms with Crippen LogP contribution in [0, 0.1) is 18.7 Å². The number of piperidine rings is 1. The van der Waals surface area contributed by atoms with Crippen molar-refractivity contribution in [1.82, 2.24) is 10.2 Å². The summed E-state index contributed by atoms with van der Waals surface area (Å²) in [7, 11) is 1.61. The predicted octanol–water partition coefficient (Wildman–Crippen LogP) is 1.73. The Kier molecular flexibility index (Phi) is 4.37. The molecule has 0 aromatic heterocycles. The smallest absolute Gasteiger partial charge is 0.256 e. The first-order valence-electron chi connectivity index (χ1n) is 6.80. The van der Waals surface area contributed by atoms with Gasteiger partial charge in [-0.05, 0) is 31.4 Å². The molecule has 5 heteroatoms. The van der Waals surface area contributed by atoms with Gasteiger partial charge >= 0.3 is 0 Å². The van der Waals surface area contributed by atoms with Crippen molar-refractivity contribution in [3.8, 4) is 0 Å². The minimum atomic E-state index is -0.453. The number of hydrogen-bond donors (Lipinski definition) is 1. The molecule has 1 heterocycles. The Balaban J connectivity index is 2.05. The van der Waals surface area contributed by atoms with E-state index in [-0.39, 0.29) is 23.3 Å². The number of aryl methyl sites for hydroxylation is 1. The number of nitrogens with zero attached hydrogens (tertiary/aromatic N) is 1. The molecule has 2 rings (SSSR count). The van der Waals surface area contributed by atoms with E-state index >= 15 is 0 Å². The molecule has 0 spiro atoms. The molecular weight excluding hydrogens is 259 g/mol. The highest BCUT2D eigenvalue weighted by molar-refractivity contribution is 5.95. The molecule has 0 unspecified atom stereocenters. The highest BCUT2D eigenvalue weighted by atomic mass is 19.1. The van der Waals surface area contributed by atoms with Gasteiger partial charge in [0, 0.05) is 26.1 Å². The van der Waals surface area contributed by atoms with Crippen LogP contribution in [0.15, 0.2) is 18.2 Å². The summed E-state index contributed by atoms with van der Waals surface area (Å²) in [6.07, 6.45) is 1.25. The van der Waals surface area contributed by atoms with Gasteiger partial charge in [0.05, 0.1) is 5.56 Å². The quantitative estimate of drug-likeness (QED) is 0.895. The summed E-state index contributed by atoms with van der Waals surface area (Å²) in [5.74, 6) is -0.780. The van der Waals surface area contributed by atoms with Crippen LogP contribution >= 0.6 is 0 Å². The van der Waals surface area contributed by atoms with E-state index in [0.29, 0.717) is 31.5 Å². The monoisotopic (exact) mass is 278 g/mol. The fraction of sp³-hybridized carbons (Fsp3) is 0.467. The van der Waals surface area contributed by atoms with Gasteiger partial charge in [-0.15, -0.1) is 0 Å². The molecule has 4 nitrogen and oxygen atoms in total. The molecule has 0 bridgehead atoms. The number of hydrogen-bond acceptors (Lipinski definition) is 2. The first-order chi connectivity index (χ1) is 9.54. The number of likely N-dealkylation sites (tertiary alicyclic amines) is 1. The Morgan fingerprint density at radius 2 is 1.95 bits per heavy atom. The Morgan fingerprint density at radius 3 is 2.55 bits per heavy atom. The zero-order valence-electron chi connectivity index (χ0n) is 11.8. The van der Waals surface area contributed by atoms with Gasteiger partial charge in [0.15, 0.2) is 0 Å². The molecule has 108 valence electrons. The minimum Gasteiger partial charge on any atom is -0.359 e. The van der Waals surface area contributed by atoms with Crippen LogP contribution < -0.4 is 5.32 Å². The zero-order valence-corrected chi connectivity index (χ0v) is 11.8. The lowest BCUT2D eigenvalue weighted by atomic mass is 9.95. The molecule has 0 aliphatic carbocycles. The summed E-state index contributed by atoms with van der Waals surface area (Å²) in [6.45, 7) is 2.62. The summed E-state index contributed by atoms with van der Waals surface area (Å²) in [6, 6.07) is 4.84. The normalized spacial score (nSPS) is 16.1. The lowest BCUT2D eigenvalue weighted by molar-refractivity contribution is -0.125.